The van der Waals surface area contributed by atoms with Crippen molar-refractivity contribution in [2.45, 2.75) is 44.6 Å². The number of ether oxygens (including phenoxy) is 1. The van der Waals surface area contributed by atoms with Gasteiger partial charge in [0.05, 0.1) is 30.3 Å². The average Bonchev–Trinajstić information content (AvgIpc) is 3.41. The van der Waals surface area contributed by atoms with E-state index in [9.17, 15) is 23.1 Å². The van der Waals surface area contributed by atoms with Crippen molar-refractivity contribution < 1.29 is 27.8 Å². The molecule has 1 aromatic heterocycles. The molecule has 0 radical (unpaired) electrons. The first-order valence-corrected chi connectivity index (χ1v) is 12.1. The predicted molar refractivity (Wildman–Crippen MR) is 129 cm³/mol. The zero-order valence-corrected chi connectivity index (χ0v) is 20.2. The number of para-hydroxylation sites is 2. The number of aromatic nitrogens is 2. The van der Waals surface area contributed by atoms with E-state index >= 15 is 0 Å². The number of aliphatic hydroxyl groups excluding tert-OH is 1. The molecule has 0 spiro atoms. The number of hydrogen-bond acceptors (Lipinski definition) is 5. The van der Waals surface area contributed by atoms with Gasteiger partial charge in [0, 0.05) is 32.6 Å². The summed E-state index contributed by atoms with van der Waals surface area (Å²) in [5.41, 5.74) is 1.58. The summed E-state index contributed by atoms with van der Waals surface area (Å²) in [5, 5.41) is 10.6. The second-order valence-electron chi connectivity index (χ2n) is 9.21. The molecule has 1 unspecified atom stereocenters. The van der Waals surface area contributed by atoms with Crippen LogP contribution in [0, 0.1) is 0 Å². The van der Waals surface area contributed by atoms with Gasteiger partial charge in [-0.2, -0.15) is 13.2 Å². The Morgan fingerprint density at radius 3 is 2.61 bits per heavy atom. The van der Waals surface area contributed by atoms with Gasteiger partial charge in [-0.25, -0.2) is 4.98 Å². The zero-order valence-electron chi connectivity index (χ0n) is 20.2. The molecular formula is C26H31F3N4O3. The lowest BCUT2D eigenvalue weighted by molar-refractivity contribution is -0.147. The van der Waals surface area contributed by atoms with E-state index in [1.54, 1.807) is 18.2 Å². The Morgan fingerprint density at radius 1 is 1.17 bits per heavy atom. The second kappa shape index (κ2) is 11.3. The number of nitrogens with zero attached hydrogens (tertiary/aromatic N) is 4. The number of halogens is 3. The van der Waals surface area contributed by atoms with Crippen LogP contribution in [0.3, 0.4) is 0 Å². The Morgan fingerprint density at radius 2 is 1.92 bits per heavy atom. The fraction of sp³-hybridized carbons (Fsp3) is 0.462. The molecule has 2 aromatic carbocycles. The van der Waals surface area contributed by atoms with Gasteiger partial charge in [0.15, 0.2) is 0 Å². The van der Waals surface area contributed by atoms with Gasteiger partial charge in [0.25, 0.3) is 0 Å². The van der Waals surface area contributed by atoms with E-state index in [2.05, 4.69) is 4.98 Å². The van der Waals surface area contributed by atoms with Crippen molar-refractivity contribution in [1.82, 2.24) is 19.4 Å². The van der Waals surface area contributed by atoms with Crippen molar-refractivity contribution in [1.29, 1.82) is 0 Å². The number of imidazole rings is 1. The number of carbonyl (C=O) groups is 1. The van der Waals surface area contributed by atoms with Crippen molar-refractivity contribution >= 4 is 16.9 Å². The molecule has 7 nitrogen and oxygen atoms in total. The highest BCUT2D eigenvalue weighted by atomic mass is 19.4. The van der Waals surface area contributed by atoms with Gasteiger partial charge in [-0.1, -0.05) is 24.3 Å². The van der Waals surface area contributed by atoms with E-state index in [0.29, 0.717) is 31.6 Å². The van der Waals surface area contributed by atoms with Crippen LogP contribution in [0.1, 0.15) is 30.7 Å². The number of carbonyl (C=O) groups excluding carboxylic acids is 1. The van der Waals surface area contributed by atoms with Crippen molar-refractivity contribution in [3.8, 4) is 5.75 Å². The molecule has 1 aliphatic heterocycles. The Kier molecular flexibility index (Phi) is 8.15. The second-order valence-corrected chi connectivity index (χ2v) is 9.21. The number of likely N-dealkylation sites (tertiary alicyclic amines) is 1. The number of benzene rings is 2. The maximum Gasteiger partial charge on any atom is 0.449 e. The minimum absolute atomic E-state index is 0.192. The summed E-state index contributed by atoms with van der Waals surface area (Å²) >= 11 is 0. The highest BCUT2D eigenvalue weighted by molar-refractivity contribution is 5.78. The lowest BCUT2D eigenvalue weighted by Gasteiger charge is -2.22. The van der Waals surface area contributed by atoms with Gasteiger partial charge < -0.3 is 19.3 Å². The molecule has 1 saturated heterocycles. The molecular weight excluding hydrogens is 473 g/mol. The fourth-order valence-electron chi connectivity index (χ4n) is 4.56. The highest BCUT2D eigenvalue weighted by Crippen LogP contribution is 2.31. The van der Waals surface area contributed by atoms with Gasteiger partial charge in [0.2, 0.25) is 11.7 Å². The van der Waals surface area contributed by atoms with E-state index in [4.69, 9.17) is 4.74 Å². The maximum atomic E-state index is 13.5. The molecule has 4 rings (SSSR count). The number of aliphatic hydroxyl groups is 1. The van der Waals surface area contributed by atoms with Crippen LogP contribution in [0.5, 0.6) is 5.75 Å². The number of likely N-dealkylation sites (N-methyl/N-ethyl adjacent to an activating group) is 1. The normalized spacial score (nSPS) is 15.3. The summed E-state index contributed by atoms with van der Waals surface area (Å²) in [5.74, 6) is -0.0540. The Hall–Kier alpha value is -3.11. The van der Waals surface area contributed by atoms with Crippen molar-refractivity contribution in [3.05, 3.63) is 59.9 Å². The lowest BCUT2D eigenvalue weighted by atomic mass is 10.2. The summed E-state index contributed by atoms with van der Waals surface area (Å²) in [6, 6.07) is 14.0. The highest BCUT2D eigenvalue weighted by Gasteiger charge is 2.38. The molecule has 1 amide bonds. The molecule has 0 bridgehead atoms. The van der Waals surface area contributed by atoms with Crippen LogP contribution < -0.4 is 4.74 Å². The van der Waals surface area contributed by atoms with Crippen LogP contribution in [-0.4, -0.2) is 69.8 Å². The Balaban J connectivity index is 1.26. The first-order valence-electron chi connectivity index (χ1n) is 12.1. The molecule has 10 heteroatoms. The number of amides is 1. The fourth-order valence-corrected chi connectivity index (χ4v) is 4.56. The first-order chi connectivity index (χ1) is 17.2. The minimum Gasteiger partial charge on any atom is -0.494 e. The van der Waals surface area contributed by atoms with Gasteiger partial charge >= 0.3 is 6.18 Å². The van der Waals surface area contributed by atoms with Gasteiger partial charge in [0.1, 0.15) is 5.75 Å². The van der Waals surface area contributed by atoms with Gasteiger partial charge in [-0.05, 0) is 49.7 Å². The molecule has 1 N–H and O–H groups in total. The molecule has 1 fully saturated rings. The predicted octanol–water partition coefficient (Wildman–Crippen LogP) is 3.94. The lowest BCUT2D eigenvalue weighted by Crippen LogP contribution is -2.32. The molecule has 194 valence electrons. The van der Waals surface area contributed by atoms with Crippen LogP contribution >= 0.6 is 0 Å². The average molecular weight is 505 g/mol. The van der Waals surface area contributed by atoms with E-state index < -0.39 is 18.1 Å². The molecule has 1 atom stereocenters. The largest absolute Gasteiger partial charge is 0.494 e. The minimum atomic E-state index is -4.61. The van der Waals surface area contributed by atoms with E-state index in [1.807, 2.05) is 41.1 Å². The number of fused-ring (bicyclic) bond motifs is 1. The van der Waals surface area contributed by atoms with Crippen molar-refractivity contribution in [3.63, 3.8) is 0 Å². The quantitative estimate of drug-likeness (QED) is 0.401. The molecule has 1 aliphatic rings. The standard InChI is InChI=1S/C26H31F3N4O3/c1-31(16-19-9-11-21(12-10-19)36-15-5-14-32-13-4-8-24(32)35)17-20(34)18-33-23-7-3-2-6-22(23)30-25(33)26(27,28)29/h2-3,6-7,9-12,20,34H,4-5,8,13-18H2,1H3. The molecule has 0 saturated carbocycles. The van der Waals surface area contributed by atoms with Crippen LogP contribution in [0.15, 0.2) is 48.5 Å². The zero-order chi connectivity index (χ0) is 25.7. The summed E-state index contributed by atoms with van der Waals surface area (Å²) in [6.07, 6.45) is -3.28. The van der Waals surface area contributed by atoms with E-state index in [-0.39, 0.29) is 24.5 Å². The topological polar surface area (TPSA) is 70.8 Å². The van der Waals surface area contributed by atoms with Crippen molar-refractivity contribution in [2.75, 3.05) is 33.3 Å². The van der Waals surface area contributed by atoms with Crippen LogP contribution in [0.25, 0.3) is 11.0 Å². The summed E-state index contributed by atoms with van der Waals surface area (Å²) in [7, 11) is 1.81. The summed E-state index contributed by atoms with van der Waals surface area (Å²) < 4.78 is 47.3. The van der Waals surface area contributed by atoms with Crippen LogP contribution in [0.2, 0.25) is 0 Å². The summed E-state index contributed by atoms with van der Waals surface area (Å²) in [6.45, 7) is 2.57. The number of alkyl halides is 3. The summed E-state index contributed by atoms with van der Waals surface area (Å²) in [4.78, 5) is 19.1. The third kappa shape index (κ3) is 6.55. The molecule has 36 heavy (non-hydrogen) atoms. The monoisotopic (exact) mass is 504 g/mol. The van der Waals surface area contributed by atoms with Crippen molar-refractivity contribution in [2.24, 2.45) is 0 Å². The Labute approximate surface area is 208 Å². The third-order valence-electron chi connectivity index (χ3n) is 6.21. The maximum absolute atomic E-state index is 13.5. The number of rotatable bonds is 11. The number of hydrogen-bond donors (Lipinski definition) is 1. The van der Waals surface area contributed by atoms with E-state index in [0.717, 1.165) is 35.3 Å². The smallest absolute Gasteiger partial charge is 0.449 e. The first kappa shape index (κ1) is 26.0. The molecule has 0 aliphatic carbocycles. The van der Waals surface area contributed by atoms with Gasteiger partial charge in [-0.15, -0.1) is 0 Å². The van der Waals surface area contributed by atoms with Gasteiger partial charge in [-0.3, -0.25) is 9.69 Å². The SMILES string of the molecule is CN(Cc1ccc(OCCCN2CCCC2=O)cc1)CC(O)Cn1c(C(F)(F)F)nc2ccccc21. The van der Waals surface area contributed by atoms with E-state index in [1.165, 1.54) is 6.07 Å². The molecule has 3 aromatic rings. The third-order valence-corrected chi connectivity index (χ3v) is 6.21. The van der Waals surface area contributed by atoms with Crippen LogP contribution in [-0.2, 0) is 24.1 Å². The Bertz CT molecular complexity index is 1160. The van der Waals surface area contributed by atoms with Crippen LogP contribution in [0.4, 0.5) is 13.2 Å². The molecule has 2 heterocycles.